The molecule has 2 aromatic carbocycles. The normalized spacial score (nSPS) is 12.0. The van der Waals surface area contributed by atoms with Crippen LogP contribution in [-0.2, 0) is 16.1 Å². The highest BCUT2D eigenvalue weighted by atomic mass is 32.1. The predicted octanol–water partition coefficient (Wildman–Crippen LogP) is 2.50. The summed E-state index contributed by atoms with van der Waals surface area (Å²) >= 11 is 1.61. The van der Waals surface area contributed by atoms with E-state index in [-0.39, 0.29) is 24.9 Å². The van der Waals surface area contributed by atoms with Gasteiger partial charge in [-0.15, -0.1) is 11.3 Å². The number of para-hydroxylation sites is 2. The van der Waals surface area contributed by atoms with Crippen LogP contribution in [0.2, 0.25) is 0 Å². The van der Waals surface area contributed by atoms with Crippen molar-refractivity contribution in [3.05, 3.63) is 59.1 Å². The molecule has 0 saturated heterocycles. The number of aromatic nitrogens is 1. The van der Waals surface area contributed by atoms with Gasteiger partial charge in [0.25, 0.3) is 11.8 Å². The van der Waals surface area contributed by atoms with Crippen LogP contribution in [0, 0.1) is 6.92 Å². The summed E-state index contributed by atoms with van der Waals surface area (Å²) in [4.78, 5) is 32.6. The number of benzene rings is 2. The van der Waals surface area contributed by atoms with Gasteiger partial charge in [0.05, 0.1) is 23.3 Å². The van der Waals surface area contributed by atoms with Crippen molar-refractivity contribution < 1.29 is 14.5 Å². The molecule has 0 radical (unpaired) electrons. The topological polar surface area (TPSA) is 66.7 Å². The number of carbonyl (C=O) groups is 2. The van der Waals surface area contributed by atoms with Crippen molar-refractivity contribution in [1.82, 2.24) is 9.88 Å². The highest BCUT2D eigenvalue weighted by Gasteiger charge is 2.21. The molecule has 0 spiro atoms. The Bertz CT molecular complexity index is 984. The molecule has 158 valence electrons. The lowest BCUT2D eigenvalue weighted by atomic mass is 10.2. The molecule has 1 aromatic heterocycles. The maximum absolute atomic E-state index is 12.8. The smallest absolute Gasteiger partial charge is 0.279 e. The molecule has 0 aliphatic heterocycles. The van der Waals surface area contributed by atoms with Crippen LogP contribution >= 0.6 is 11.3 Å². The number of aryl methyl sites for hydroxylation is 1. The number of hydrogen-bond acceptors (Lipinski definition) is 4. The maximum Gasteiger partial charge on any atom is 0.279 e. The molecule has 0 fully saturated rings. The number of rotatable bonds is 9. The lowest BCUT2D eigenvalue weighted by Crippen LogP contribution is -3.14. The van der Waals surface area contributed by atoms with Crippen molar-refractivity contribution in [2.75, 3.05) is 32.0 Å². The molecule has 2 amide bonds. The minimum atomic E-state index is -0.0747. The number of thiazole rings is 1. The van der Waals surface area contributed by atoms with Gasteiger partial charge >= 0.3 is 0 Å². The average molecular weight is 426 g/mol. The van der Waals surface area contributed by atoms with Crippen LogP contribution in [0.3, 0.4) is 0 Å². The fraction of sp³-hybridized carbons (Fsp3) is 0.348. The number of likely N-dealkylation sites (N-methyl/N-ethyl adjacent to an activating group) is 1. The largest absolute Gasteiger partial charge is 0.334 e. The molecule has 2 N–H and O–H groups in total. The van der Waals surface area contributed by atoms with E-state index in [9.17, 15) is 9.59 Å². The molecule has 0 saturated carbocycles. The predicted molar refractivity (Wildman–Crippen MR) is 122 cm³/mol. The summed E-state index contributed by atoms with van der Waals surface area (Å²) in [6, 6.07) is 15.7. The van der Waals surface area contributed by atoms with Gasteiger partial charge < -0.3 is 15.1 Å². The van der Waals surface area contributed by atoms with E-state index in [2.05, 4.69) is 17.2 Å². The van der Waals surface area contributed by atoms with E-state index < -0.39 is 0 Å². The Kier molecular flexibility index (Phi) is 7.54. The highest BCUT2D eigenvalue weighted by molar-refractivity contribution is 7.18. The van der Waals surface area contributed by atoms with Crippen molar-refractivity contribution in [1.29, 1.82) is 0 Å². The Morgan fingerprint density at radius 1 is 1.10 bits per heavy atom. The van der Waals surface area contributed by atoms with Crippen LogP contribution < -0.4 is 10.2 Å². The van der Waals surface area contributed by atoms with E-state index in [0.29, 0.717) is 6.54 Å². The highest BCUT2D eigenvalue weighted by Crippen LogP contribution is 2.22. The van der Waals surface area contributed by atoms with Crippen molar-refractivity contribution in [2.24, 2.45) is 0 Å². The molecule has 3 aromatic rings. The van der Waals surface area contributed by atoms with E-state index in [0.717, 1.165) is 44.3 Å². The summed E-state index contributed by atoms with van der Waals surface area (Å²) in [6.45, 7) is 5.83. The number of anilines is 1. The second kappa shape index (κ2) is 10.3. The first-order chi connectivity index (χ1) is 14.5. The van der Waals surface area contributed by atoms with Crippen LogP contribution in [-0.4, -0.2) is 48.4 Å². The standard InChI is InChI=1S/C23H28N4O2S/c1-4-13-27(14-21(28)24-18-10-6-5-9-17(18)2)16-23(29)26(3)15-22-25-19-11-7-8-12-20(19)30-22/h5-12H,4,13-16H2,1-3H3,(H,24,28)/p+1. The first-order valence-corrected chi connectivity index (χ1v) is 11.1. The summed E-state index contributed by atoms with van der Waals surface area (Å²) in [5.41, 5.74) is 2.80. The fourth-order valence-corrected chi connectivity index (χ4v) is 4.38. The van der Waals surface area contributed by atoms with Crippen LogP contribution in [0.15, 0.2) is 48.5 Å². The van der Waals surface area contributed by atoms with Crippen molar-refractivity contribution in [2.45, 2.75) is 26.8 Å². The molecule has 1 unspecified atom stereocenters. The minimum Gasteiger partial charge on any atom is -0.334 e. The van der Waals surface area contributed by atoms with Gasteiger partial charge in [-0.2, -0.15) is 0 Å². The second-order valence-electron chi connectivity index (χ2n) is 7.54. The van der Waals surface area contributed by atoms with Crippen LogP contribution in [0.4, 0.5) is 5.69 Å². The van der Waals surface area contributed by atoms with Gasteiger partial charge in [0.15, 0.2) is 13.1 Å². The Labute approximate surface area is 181 Å². The summed E-state index contributed by atoms with van der Waals surface area (Å²) in [5.74, 6) is -0.0595. The number of quaternary nitrogens is 1. The summed E-state index contributed by atoms with van der Waals surface area (Å²) < 4.78 is 1.12. The number of nitrogens with one attached hydrogen (secondary N) is 2. The SMILES string of the molecule is CCC[NH+](CC(=O)Nc1ccccc1C)CC(=O)N(C)Cc1nc2ccccc2s1. The Balaban J connectivity index is 1.57. The third-order valence-electron chi connectivity index (χ3n) is 4.97. The zero-order valence-corrected chi connectivity index (χ0v) is 18.6. The van der Waals surface area contributed by atoms with E-state index in [4.69, 9.17) is 0 Å². The Hall–Kier alpha value is -2.77. The first kappa shape index (κ1) is 21.9. The molecule has 1 atom stereocenters. The van der Waals surface area contributed by atoms with E-state index in [1.54, 1.807) is 23.3 Å². The fourth-order valence-electron chi connectivity index (χ4n) is 3.35. The molecular formula is C23H29N4O2S+. The third kappa shape index (κ3) is 5.87. The monoisotopic (exact) mass is 425 g/mol. The molecule has 3 rings (SSSR count). The van der Waals surface area contributed by atoms with Gasteiger partial charge in [-0.3, -0.25) is 9.59 Å². The second-order valence-corrected chi connectivity index (χ2v) is 8.66. The summed E-state index contributed by atoms with van der Waals surface area (Å²) in [7, 11) is 1.80. The number of amides is 2. The molecule has 0 aliphatic carbocycles. The van der Waals surface area contributed by atoms with Crippen molar-refractivity contribution in [3.8, 4) is 0 Å². The average Bonchev–Trinajstić information content (AvgIpc) is 3.12. The van der Waals surface area contributed by atoms with Gasteiger partial charge in [-0.1, -0.05) is 37.3 Å². The summed E-state index contributed by atoms with van der Waals surface area (Å²) in [5, 5.41) is 3.88. The van der Waals surface area contributed by atoms with Gasteiger partial charge in [-0.05, 0) is 37.1 Å². The molecule has 30 heavy (non-hydrogen) atoms. The van der Waals surface area contributed by atoms with Crippen molar-refractivity contribution in [3.63, 3.8) is 0 Å². The molecule has 1 heterocycles. The van der Waals surface area contributed by atoms with Gasteiger partial charge in [0.2, 0.25) is 0 Å². The first-order valence-electron chi connectivity index (χ1n) is 10.2. The van der Waals surface area contributed by atoms with E-state index in [1.165, 1.54) is 0 Å². The summed E-state index contributed by atoms with van der Waals surface area (Å²) in [6.07, 6.45) is 0.905. The van der Waals surface area contributed by atoms with Crippen LogP contribution in [0.1, 0.15) is 23.9 Å². The number of fused-ring (bicyclic) bond motifs is 1. The Morgan fingerprint density at radius 2 is 1.83 bits per heavy atom. The van der Waals surface area contributed by atoms with E-state index >= 15 is 0 Å². The number of carbonyl (C=O) groups excluding carboxylic acids is 2. The van der Waals surface area contributed by atoms with Gasteiger partial charge in [-0.25, -0.2) is 4.98 Å². The van der Waals surface area contributed by atoms with Gasteiger partial charge in [0.1, 0.15) is 5.01 Å². The van der Waals surface area contributed by atoms with Crippen molar-refractivity contribution >= 4 is 39.1 Å². The molecule has 6 nitrogen and oxygen atoms in total. The number of hydrogen-bond donors (Lipinski definition) is 2. The quantitative estimate of drug-likeness (QED) is 0.554. The van der Waals surface area contributed by atoms with Gasteiger partial charge in [0, 0.05) is 12.7 Å². The Morgan fingerprint density at radius 3 is 2.57 bits per heavy atom. The lowest BCUT2D eigenvalue weighted by molar-refractivity contribution is -0.883. The molecular weight excluding hydrogens is 396 g/mol. The molecule has 0 bridgehead atoms. The number of nitrogens with zero attached hydrogens (tertiary/aromatic N) is 2. The lowest BCUT2D eigenvalue weighted by Gasteiger charge is -2.22. The third-order valence-corrected chi connectivity index (χ3v) is 5.99. The van der Waals surface area contributed by atoms with Crippen LogP contribution in [0.5, 0.6) is 0 Å². The molecule has 0 aliphatic rings. The zero-order chi connectivity index (χ0) is 21.5. The van der Waals surface area contributed by atoms with Crippen LogP contribution in [0.25, 0.3) is 10.2 Å². The van der Waals surface area contributed by atoms with E-state index in [1.807, 2.05) is 55.5 Å². The maximum atomic E-state index is 12.8. The molecule has 7 heteroatoms. The minimum absolute atomic E-state index is 0.0152. The zero-order valence-electron chi connectivity index (χ0n) is 17.8.